The molecule has 98 valence electrons. The van der Waals surface area contributed by atoms with Crippen LogP contribution in [0, 0.1) is 10.1 Å². The predicted molar refractivity (Wildman–Crippen MR) is 64.5 cm³/mol. The second-order valence-corrected chi connectivity index (χ2v) is 4.29. The van der Waals surface area contributed by atoms with Crippen LogP contribution in [0.25, 0.3) is 0 Å². The fourth-order valence-electron chi connectivity index (χ4n) is 2.01. The second-order valence-electron chi connectivity index (χ2n) is 4.29. The van der Waals surface area contributed by atoms with Crippen molar-refractivity contribution in [1.29, 1.82) is 0 Å². The highest BCUT2D eigenvalue weighted by Gasteiger charge is 2.25. The fraction of sp³-hybridized carbons (Fsp3) is 0.545. The van der Waals surface area contributed by atoms with E-state index >= 15 is 0 Å². The minimum Gasteiger partial charge on any atom is -0.394 e. The molecule has 1 fully saturated rings. The van der Waals surface area contributed by atoms with Gasteiger partial charge in [-0.05, 0) is 13.0 Å². The Morgan fingerprint density at radius 3 is 2.94 bits per heavy atom. The molecule has 1 aliphatic heterocycles. The number of hydrogen-bond acceptors (Lipinski definition) is 6. The van der Waals surface area contributed by atoms with Crippen molar-refractivity contribution in [3.05, 3.63) is 28.4 Å². The summed E-state index contributed by atoms with van der Waals surface area (Å²) in [7, 11) is 0. The highest BCUT2D eigenvalue weighted by molar-refractivity contribution is 5.43. The number of anilines is 1. The largest absolute Gasteiger partial charge is 0.394 e. The maximum Gasteiger partial charge on any atom is 0.287 e. The van der Waals surface area contributed by atoms with E-state index < -0.39 is 4.92 Å². The Hall–Kier alpha value is -1.73. The van der Waals surface area contributed by atoms with Crippen molar-refractivity contribution in [2.75, 3.05) is 24.6 Å². The summed E-state index contributed by atoms with van der Waals surface area (Å²) < 4.78 is 5.52. The average molecular weight is 253 g/mol. The summed E-state index contributed by atoms with van der Waals surface area (Å²) in [4.78, 5) is 16.1. The Bertz CT molecular complexity index is 423. The molecule has 0 aromatic carbocycles. The van der Waals surface area contributed by atoms with Crippen LogP contribution in [0.3, 0.4) is 0 Å². The summed E-state index contributed by atoms with van der Waals surface area (Å²) in [5, 5.41) is 19.7. The van der Waals surface area contributed by atoms with Crippen LogP contribution >= 0.6 is 0 Å². The zero-order chi connectivity index (χ0) is 13.1. The Labute approximate surface area is 104 Å². The molecule has 1 aliphatic rings. The molecule has 0 amide bonds. The molecule has 1 saturated heterocycles. The van der Waals surface area contributed by atoms with E-state index in [-0.39, 0.29) is 24.5 Å². The van der Waals surface area contributed by atoms with Crippen LogP contribution in [-0.2, 0) is 4.74 Å². The predicted octanol–water partition coefficient (Wildman–Crippen LogP) is 0.576. The Kier molecular flexibility index (Phi) is 3.73. The topological polar surface area (TPSA) is 88.7 Å². The number of ether oxygens (including phenoxy) is 1. The van der Waals surface area contributed by atoms with E-state index in [0.29, 0.717) is 18.9 Å². The van der Waals surface area contributed by atoms with Gasteiger partial charge in [0, 0.05) is 19.2 Å². The number of hydrogen-bond donors (Lipinski definition) is 1. The average Bonchev–Trinajstić information content (AvgIpc) is 2.38. The lowest BCUT2D eigenvalue weighted by Gasteiger charge is -2.36. The van der Waals surface area contributed by atoms with Crippen LogP contribution in [0.15, 0.2) is 18.3 Å². The Morgan fingerprint density at radius 1 is 1.61 bits per heavy atom. The Morgan fingerprint density at radius 2 is 2.39 bits per heavy atom. The first-order valence-corrected chi connectivity index (χ1v) is 5.72. The molecule has 18 heavy (non-hydrogen) atoms. The smallest absolute Gasteiger partial charge is 0.287 e. The first-order chi connectivity index (χ1) is 8.60. The van der Waals surface area contributed by atoms with Gasteiger partial charge in [0.05, 0.1) is 23.7 Å². The first kappa shape index (κ1) is 12.7. The maximum atomic E-state index is 10.5. The van der Waals surface area contributed by atoms with Crippen molar-refractivity contribution < 1.29 is 14.8 Å². The van der Waals surface area contributed by atoms with Gasteiger partial charge in [0.25, 0.3) is 5.69 Å². The SMILES string of the molecule is CC1CN(c2ccc([N+](=O)[O-])cn2)CC(CO)O1. The van der Waals surface area contributed by atoms with Crippen LogP contribution < -0.4 is 4.90 Å². The number of aromatic nitrogens is 1. The van der Waals surface area contributed by atoms with E-state index in [1.807, 2.05) is 11.8 Å². The lowest BCUT2D eigenvalue weighted by atomic mass is 10.2. The maximum absolute atomic E-state index is 10.5. The molecule has 0 bridgehead atoms. The molecule has 0 radical (unpaired) electrons. The normalized spacial score (nSPS) is 24.0. The van der Waals surface area contributed by atoms with Crippen LogP contribution in [0.4, 0.5) is 11.5 Å². The minimum absolute atomic E-state index is 0.00658. The van der Waals surface area contributed by atoms with Gasteiger partial charge in [-0.3, -0.25) is 10.1 Å². The van der Waals surface area contributed by atoms with E-state index in [0.717, 1.165) is 0 Å². The van der Waals surface area contributed by atoms with Gasteiger partial charge in [-0.15, -0.1) is 0 Å². The highest BCUT2D eigenvalue weighted by Crippen LogP contribution is 2.20. The quantitative estimate of drug-likeness (QED) is 0.626. The molecule has 2 unspecified atom stereocenters. The molecule has 2 rings (SSSR count). The van der Waals surface area contributed by atoms with Crippen molar-refractivity contribution in [3.63, 3.8) is 0 Å². The molecule has 2 atom stereocenters. The lowest BCUT2D eigenvalue weighted by Crippen LogP contribution is -2.48. The highest BCUT2D eigenvalue weighted by atomic mass is 16.6. The molecule has 0 saturated carbocycles. The lowest BCUT2D eigenvalue weighted by molar-refractivity contribution is -0.385. The first-order valence-electron chi connectivity index (χ1n) is 5.72. The third-order valence-corrected chi connectivity index (χ3v) is 2.80. The summed E-state index contributed by atoms with van der Waals surface area (Å²) in [6, 6.07) is 3.04. The molecule has 1 aromatic heterocycles. The van der Waals surface area contributed by atoms with Crippen LogP contribution in [0.5, 0.6) is 0 Å². The molecular weight excluding hydrogens is 238 g/mol. The zero-order valence-corrected chi connectivity index (χ0v) is 10.0. The summed E-state index contributed by atoms with van der Waals surface area (Å²) in [6.07, 6.45) is 0.988. The van der Waals surface area contributed by atoms with Crippen molar-refractivity contribution >= 4 is 11.5 Å². The van der Waals surface area contributed by atoms with Gasteiger partial charge in [-0.2, -0.15) is 0 Å². The molecule has 1 N–H and O–H groups in total. The fourth-order valence-corrected chi connectivity index (χ4v) is 2.01. The van der Waals surface area contributed by atoms with Gasteiger partial charge < -0.3 is 14.7 Å². The molecule has 7 heteroatoms. The Balaban J connectivity index is 2.12. The second kappa shape index (κ2) is 5.28. The van der Waals surface area contributed by atoms with Gasteiger partial charge in [0.15, 0.2) is 0 Å². The van der Waals surface area contributed by atoms with Gasteiger partial charge in [0.1, 0.15) is 12.0 Å². The molecule has 7 nitrogen and oxygen atoms in total. The van der Waals surface area contributed by atoms with Crippen molar-refractivity contribution in [2.24, 2.45) is 0 Å². The van der Waals surface area contributed by atoms with Gasteiger partial charge >= 0.3 is 0 Å². The summed E-state index contributed by atoms with van der Waals surface area (Å²) in [6.45, 7) is 3.06. The third kappa shape index (κ3) is 2.74. The van der Waals surface area contributed by atoms with Crippen molar-refractivity contribution in [1.82, 2.24) is 4.98 Å². The standard InChI is InChI=1S/C11H15N3O4/c1-8-5-13(6-10(7-15)18-8)11-3-2-9(4-12-11)14(16)17/h2-4,8,10,15H,5-7H2,1H3. The third-order valence-electron chi connectivity index (χ3n) is 2.80. The van der Waals surface area contributed by atoms with Crippen molar-refractivity contribution in [3.8, 4) is 0 Å². The summed E-state index contributed by atoms with van der Waals surface area (Å²) >= 11 is 0. The number of rotatable bonds is 3. The molecule has 0 aliphatic carbocycles. The van der Waals surface area contributed by atoms with Crippen LogP contribution in [-0.4, -0.2) is 46.9 Å². The molecule has 1 aromatic rings. The number of morpholine rings is 1. The van der Waals surface area contributed by atoms with Gasteiger partial charge in [0.2, 0.25) is 0 Å². The van der Waals surface area contributed by atoms with E-state index in [1.54, 1.807) is 6.07 Å². The number of pyridine rings is 1. The number of aliphatic hydroxyl groups excluding tert-OH is 1. The van der Waals surface area contributed by atoms with Gasteiger partial charge in [-0.25, -0.2) is 4.98 Å². The van der Waals surface area contributed by atoms with E-state index in [2.05, 4.69) is 4.98 Å². The zero-order valence-electron chi connectivity index (χ0n) is 10.0. The summed E-state index contributed by atoms with van der Waals surface area (Å²) in [5.41, 5.74) is -0.0289. The van der Waals surface area contributed by atoms with Gasteiger partial charge in [-0.1, -0.05) is 0 Å². The van der Waals surface area contributed by atoms with Crippen LogP contribution in [0.2, 0.25) is 0 Å². The monoisotopic (exact) mass is 253 g/mol. The van der Waals surface area contributed by atoms with E-state index in [4.69, 9.17) is 9.84 Å². The molecule has 2 heterocycles. The van der Waals surface area contributed by atoms with E-state index in [1.165, 1.54) is 12.3 Å². The van der Waals surface area contributed by atoms with Crippen molar-refractivity contribution in [2.45, 2.75) is 19.1 Å². The molecular formula is C11H15N3O4. The number of nitrogens with zero attached hydrogens (tertiary/aromatic N) is 3. The number of aliphatic hydroxyl groups is 1. The van der Waals surface area contributed by atoms with Crippen LogP contribution in [0.1, 0.15) is 6.92 Å². The summed E-state index contributed by atoms with van der Waals surface area (Å²) in [5.74, 6) is 0.661. The van der Waals surface area contributed by atoms with E-state index in [9.17, 15) is 10.1 Å². The molecule has 0 spiro atoms. The number of nitro groups is 1. The minimum atomic E-state index is -0.477.